The molecule has 0 fully saturated rings. The van der Waals surface area contributed by atoms with Crippen LogP contribution in [0.5, 0.6) is 0 Å². The largest absolute Gasteiger partial charge is 0.393 e. The predicted molar refractivity (Wildman–Crippen MR) is 170 cm³/mol. The molecule has 0 amide bonds. The monoisotopic (exact) mass is 551 g/mol. The molecule has 0 aromatic carbocycles. The summed E-state index contributed by atoms with van der Waals surface area (Å²) in [6.07, 6.45) is 37.2. The van der Waals surface area contributed by atoms with E-state index in [1.807, 2.05) is 0 Å². The van der Waals surface area contributed by atoms with Crippen molar-refractivity contribution in [2.24, 2.45) is 5.92 Å². The van der Waals surface area contributed by atoms with Crippen molar-refractivity contribution in [1.29, 1.82) is 0 Å². The molecule has 0 bridgehead atoms. The van der Waals surface area contributed by atoms with Gasteiger partial charge >= 0.3 is 11.9 Å². The highest BCUT2D eigenvalue weighted by Gasteiger charge is 2.10. The number of carbonyl (C=O) groups is 2. The fourth-order valence-corrected chi connectivity index (χ4v) is 5.46. The van der Waals surface area contributed by atoms with Crippen LogP contribution in [-0.4, -0.2) is 11.9 Å². The molecule has 0 aliphatic rings. The molecule has 0 N–H and O–H groups in total. The molecule has 0 saturated heterocycles. The molecule has 0 aliphatic carbocycles. The average molecular weight is 551 g/mol. The second kappa shape index (κ2) is 31.7. The number of hydrogen-bond acceptors (Lipinski definition) is 3. The molecular formula is C36H70O3. The number of carbonyl (C=O) groups excluding carboxylic acids is 2. The lowest BCUT2D eigenvalue weighted by Crippen LogP contribution is -2.11. The van der Waals surface area contributed by atoms with Gasteiger partial charge in [0.1, 0.15) is 0 Å². The van der Waals surface area contributed by atoms with Crippen molar-refractivity contribution >= 4 is 11.9 Å². The number of ether oxygens (including phenoxy) is 1. The number of rotatable bonds is 31. The Labute approximate surface area is 245 Å². The van der Waals surface area contributed by atoms with Crippen molar-refractivity contribution < 1.29 is 14.3 Å². The molecule has 0 unspecified atom stereocenters. The molecular weight excluding hydrogens is 480 g/mol. The van der Waals surface area contributed by atoms with Crippen molar-refractivity contribution in [2.75, 3.05) is 0 Å². The zero-order chi connectivity index (χ0) is 28.7. The van der Waals surface area contributed by atoms with Crippen LogP contribution in [0.1, 0.15) is 213 Å². The van der Waals surface area contributed by atoms with E-state index in [-0.39, 0.29) is 11.9 Å². The second-order valence-electron chi connectivity index (χ2n) is 12.7. The van der Waals surface area contributed by atoms with Gasteiger partial charge < -0.3 is 4.74 Å². The van der Waals surface area contributed by atoms with Gasteiger partial charge in [-0.2, -0.15) is 0 Å². The first-order chi connectivity index (χ1) is 19.1. The molecule has 0 saturated carbocycles. The molecule has 0 heterocycles. The van der Waals surface area contributed by atoms with Crippen LogP contribution in [0.2, 0.25) is 0 Å². The van der Waals surface area contributed by atoms with E-state index in [0.717, 1.165) is 31.6 Å². The quantitative estimate of drug-likeness (QED) is 0.0489. The molecule has 0 aromatic rings. The Balaban J connectivity index is 3.28. The molecule has 3 heteroatoms. The molecule has 0 rings (SSSR count). The third-order valence-electron chi connectivity index (χ3n) is 8.12. The summed E-state index contributed by atoms with van der Waals surface area (Å²) in [4.78, 5) is 23.8. The summed E-state index contributed by atoms with van der Waals surface area (Å²) in [5.74, 6) is 0.204. The molecule has 0 atom stereocenters. The maximum Gasteiger partial charge on any atom is 0.313 e. The molecule has 0 aliphatic heterocycles. The predicted octanol–water partition coefficient (Wildman–Crippen LogP) is 12.4. The Morgan fingerprint density at radius 2 is 0.667 bits per heavy atom. The summed E-state index contributed by atoms with van der Waals surface area (Å²) in [5, 5.41) is 0. The average Bonchev–Trinajstić information content (AvgIpc) is 2.90. The minimum atomic E-state index is -0.325. The molecule has 0 radical (unpaired) electrons. The van der Waals surface area contributed by atoms with E-state index < -0.39 is 0 Å². The van der Waals surface area contributed by atoms with Crippen molar-refractivity contribution in [3.63, 3.8) is 0 Å². The van der Waals surface area contributed by atoms with Crippen LogP contribution in [0, 0.1) is 5.92 Å². The first-order valence-electron chi connectivity index (χ1n) is 17.8. The van der Waals surface area contributed by atoms with Gasteiger partial charge in [-0.05, 0) is 18.8 Å². The third-order valence-corrected chi connectivity index (χ3v) is 8.12. The van der Waals surface area contributed by atoms with Crippen LogP contribution in [0.3, 0.4) is 0 Å². The molecule has 3 nitrogen and oxygen atoms in total. The highest BCUT2D eigenvalue weighted by molar-refractivity contribution is 5.85. The van der Waals surface area contributed by atoms with Gasteiger partial charge in [0.25, 0.3) is 0 Å². The first kappa shape index (κ1) is 38.1. The second-order valence-corrected chi connectivity index (χ2v) is 12.7. The number of esters is 2. The van der Waals surface area contributed by atoms with E-state index >= 15 is 0 Å². The Morgan fingerprint density at radius 1 is 0.410 bits per heavy atom. The van der Waals surface area contributed by atoms with Crippen molar-refractivity contribution in [3.05, 3.63) is 0 Å². The highest BCUT2D eigenvalue weighted by atomic mass is 16.6. The summed E-state index contributed by atoms with van der Waals surface area (Å²) in [6.45, 7) is 6.91. The minimum absolute atomic E-state index is 0.324. The first-order valence-corrected chi connectivity index (χ1v) is 17.8. The summed E-state index contributed by atoms with van der Waals surface area (Å²) in [5.41, 5.74) is 0. The van der Waals surface area contributed by atoms with Crippen LogP contribution in [0.15, 0.2) is 0 Å². The van der Waals surface area contributed by atoms with Crippen LogP contribution in [0.25, 0.3) is 0 Å². The van der Waals surface area contributed by atoms with Gasteiger partial charge in [0.15, 0.2) is 0 Å². The van der Waals surface area contributed by atoms with Crippen molar-refractivity contribution in [2.45, 2.75) is 213 Å². The normalized spacial score (nSPS) is 11.4. The van der Waals surface area contributed by atoms with E-state index in [0.29, 0.717) is 12.8 Å². The lowest BCUT2D eigenvalue weighted by Gasteiger charge is -2.05. The SMILES string of the molecule is CCCCCCCCCCCCCCCCCC(=O)OC(=O)CCCCCCCCCCCCCCC(C)C. The fraction of sp³-hybridized carbons (Fsp3) is 0.944. The van der Waals surface area contributed by atoms with Gasteiger partial charge in [0.05, 0.1) is 0 Å². The van der Waals surface area contributed by atoms with Crippen molar-refractivity contribution in [1.82, 2.24) is 0 Å². The van der Waals surface area contributed by atoms with E-state index in [9.17, 15) is 9.59 Å². The van der Waals surface area contributed by atoms with Gasteiger partial charge in [-0.15, -0.1) is 0 Å². The summed E-state index contributed by atoms with van der Waals surface area (Å²) in [6, 6.07) is 0. The highest BCUT2D eigenvalue weighted by Crippen LogP contribution is 2.16. The van der Waals surface area contributed by atoms with Crippen LogP contribution in [0.4, 0.5) is 0 Å². The smallest absolute Gasteiger partial charge is 0.313 e. The lowest BCUT2D eigenvalue weighted by molar-refractivity contribution is -0.159. The number of unbranched alkanes of at least 4 members (excludes halogenated alkanes) is 25. The van der Waals surface area contributed by atoms with E-state index in [4.69, 9.17) is 4.74 Å². The van der Waals surface area contributed by atoms with Crippen molar-refractivity contribution in [3.8, 4) is 0 Å². The number of hydrogen-bond donors (Lipinski definition) is 0. The topological polar surface area (TPSA) is 43.4 Å². The Bertz CT molecular complexity index is 513. The summed E-state index contributed by atoms with van der Waals surface area (Å²) >= 11 is 0. The minimum Gasteiger partial charge on any atom is -0.393 e. The molecule has 0 aromatic heterocycles. The lowest BCUT2D eigenvalue weighted by atomic mass is 10.0. The van der Waals surface area contributed by atoms with E-state index in [1.165, 1.54) is 154 Å². The Hall–Kier alpha value is -0.860. The maximum atomic E-state index is 11.9. The summed E-state index contributed by atoms with van der Waals surface area (Å²) in [7, 11) is 0. The van der Waals surface area contributed by atoms with E-state index in [2.05, 4.69) is 20.8 Å². The van der Waals surface area contributed by atoms with Crippen LogP contribution >= 0.6 is 0 Å². The fourth-order valence-electron chi connectivity index (χ4n) is 5.46. The molecule has 232 valence electrons. The van der Waals surface area contributed by atoms with Crippen LogP contribution in [-0.2, 0) is 14.3 Å². The van der Waals surface area contributed by atoms with Crippen LogP contribution < -0.4 is 0 Å². The zero-order valence-corrected chi connectivity index (χ0v) is 27.0. The van der Waals surface area contributed by atoms with E-state index in [1.54, 1.807) is 0 Å². The van der Waals surface area contributed by atoms with Gasteiger partial charge in [-0.3, -0.25) is 9.59 Å². The Kier molecular flexibility index (Phi) is 31.0. The standard InChI is InChI=1S/C36H70O3/c1-4-5-6-7-8-9-10-11-12-13-17-20-23-26-29-32-35(37)39-36(38)33-30-27-24-21-18-15-14-16-19-22-25-28-31-34(2)3/h34H,4-33H2,1-3H3. The van der Waals surface area contributed by atoms with Gasteiger partial charge in [-0.25, -0.2) is 0 Å². The molecule has 39 heavy (non-hydrogen) atoms. The summed E-state index contributed by atoms with van der Waals surface area (Å²) < 4.78 is 5.01. The van der Waals surface area contributed by atoms with Gasteiger partial charge in [0, 0.05) is 12.8 Å². The Morgan fingerprint density at radius 3 is 0.949 bits per heavy atom. The third kappa shape index (κ3) is 33.2. The zero-order valence-electron chi connectivity index (χ0n) is 27.0. The molecule has 0 spiro atoms. The maximum absolute atomic E-state index is 11.9. The van der Waals surface area contributed by atoms with Gasteiger partial charge in [-0.1, -0.05) is 188 Å². The van der Waals surface area contributed by atoms with Gasteiger partial charge in [0.2, 0.25) is 0 Å².